The molecule has 0 saturated heterocycles. The van der Waals surface area contributed by atoms with Crippen LogP contribution >= 0.6 is 0 Å². The van der Waals surface area contributed by atoms with Crippen molar-refractivity contribution in [2.24, 2.45) is 0 Å². The van der Waals surface area contributed by atoms with Crippen LogP contribution in [0.4, 0.5) is 60.5 Å². The van der Waals surface area contributed by atoms with Gasteiger partial charge in [0.05, 0.1) is 22.5 Å². The van der Waals surface area contributed by atoms with E-state index in [0.29, 0.717) is 23.5 Å². The summed E-state index contributed by atoms with van der Waals surface area (Å²) in [6.07, 6.45) is -13.8. The van der Waals surface area contributed by atoms with Gasteiger partial charge in [0.1, 0.15) is 11.5 Å². The lowest BCUT2D eigenvalue weighted by molar-refractivity contribution is -0.139. The zero-order valence-corrected chi connectivity index (χ0v) is 51.3. The Hall–Kier alpha value is -7.83. The number of carbonyl (C=O) groups excluding carboxylic acids is 4. The molecule has 0 saturated carbocycles. The van der Waals surface area contributed by atoms with Crippen molar-refractivity contribution in [2.75, 3.05) is 32.7 Å². The highest BCUT2D eigenvalue weighted by Gasteiger charge is 2.53. The van der Waals surface area contributed by atoms with E-state index in [-0.39, 0.29) is 45.1 Å². The highest BCUT2D eigenvalue weighted by molar-refractivity contribution is 6.55. The van der Waals surface area contributed by atoms with Gasteiger partial charge >= 0.3 is 30.4 Å². The summed E-state index contributed by atoms with van der Waals surface area (Å²) in [5.41, 5.74) is 6.57. The van der Waals surface area contributed by atoms with Crippen molar-refractivity contribution in [3.63, 3.8) is 0 Å². The lowest BCUT2D eigenvalue weighted by atomic mass is 9.93. The highest BCUT2D eigenvalue weighted by Crippen LogP contribution is 2.45. The van der Waals surface area contributed by atoms with Crippen molar-refractivity contribution in [3.8, 4) is 22.6 Å². The van der Waals surface area contributed by atoms with E-state index in [1.165, 1.54) is 84.9 Å². The summed E-state index contributed by atoms with van der Waals surface area (Å²) in [6.45, 7) is 20.5. The molecule has 0 spiro atoms. The van der Waals surface area contributed by atoms with Gasteiger partial charge in [-0.2, -0.15) is 26.3 Å². The minimum absolute atomic E-state index is 0.0127. The molecule has 0 unspecified atom stereocenters. The summed E-state index contributed by atoms with van der Waals surface area (Å²) in [6, 6.07) is 23.9. The first-order valence-corrected chi connectivity index (χ1v) is 30.5. The molecule has 0 fully saturated rings. The van der Waals surface area contributed by atoms with E-state index in [0.717, 1.165) is 24.3 Å². The molecule has 86 heavy (non-hydrogen) atoms. The van der Waals surface area contributed by atoms with E-state index < -0.39 is 124 Å². The molecule has 6 aromatic carbocycles. The van der Waals surface area contributed by atoms with E-state index in [9.17, 15) is 19.2 Å². The van der Waals surface area contributed by atoms with Gasteiger partial charge in [-0.1, -0.05) is 12.1 Å². The number of hydrogen-bond acceptors (Lipinski definition) is 14. The maximum absolute atomic E-state index is 15.1. The molecule has 0 atom stereocenters. The fraction of sp³-hybridized carbons (Fsp3) is 0.333. The van der Waals surface area contributed by atoms with Gasteiger partial charge in [0.25, 0.3) is 23.6 Å². The summed E-state index contributed by atoms with van der Waals surface area (Å²) < 4.78 is 141. The van der Waals surface area contributed by atoms with Gasteiger partial charge in [-0.25, -0.2) is 0 Å². The predicted molar refractivity (Wildman–Crippen MR) is 318 cm³/mol. The van der Waals surface area contributed by atoms with E-state index >= 15 is 26.3 Å². The molecule has 6 aromatic rings. The Morgan fingerprint density at radius 1 is 0.372 bits per heavy atom. The van der Waals surface area contributed by atoms with E-state index in [1.54, 1.807) is 83.1 Å². The Morgan fingerprint density at radius 3 is 0.907 bits per heavy atom. The van der Waals surface area contributed by atoms with Crippen LogP contribution in [0, 0.1) is 0 Å². The van der Waals surface area contributed by atoms with Gasteiger partial charge in [-0.3, -0.25) is 19.2 Å². The SMILES string of the molecule is CC(C)O[Si](Oc1cc(C(=O)Nc2ccc(-c3ccc(NC(=O)c4ccc(NC(=O)c5ccc(N)cc5)c(O[Si](OC(C)C)(OC(C)C)OC(C)C)c4)cc3C(F)(F)F)c(C(F)(F)F)c2)ccc1NC(=O)c1ccc(N)cc1)(OC(C)C)OC(C)C. The summed E-state index contributed by atoms with van der Waals surface area (Å²) in [5.74, 6) is -3.58. The predicted octanol–water partition coefficient (Wildman–Crippen LogP) is 13.7. The van der Waals surface area contributed by atoms with Crippen molar-refractivity contribution in [1.29, 1.82) is 0 Å². The number of rotatable bonds is 25. The first-order valence-electron chi connectivity index (χ1n) is 27.3. The number of hydrogen-bond donors (Lipinski definition) is 6. The Bertz CT molecular complexity index is 3090. The summed E-state index contributed by atoms with van der Waals surface area (Å²) in [7, 11) is -8.47. The van der Waals surface area contributed by atoms with Crippen LogP contribution in [0.2, 0.25) is 0 Å². The van der Waals surface area contributed by atoms with Crippen LogP contribution in [-0.2, 0) is 38.9 Å². The molecule has 0 heterocycles. The molecule has 0 radical (unpaired) electrons. The number of nitrogens with two attached hydrogens (primary N) is 2. The van der Waals surface area contributed by atoms with Crippen molar-refractivity contribution >= 4 is 75.8 Å². The zero-order chi connectivity index (χ0) is 63.6. The summed E-state index contributed by atoms with van der Waals surface area (Å²) in [5, 5.41) is 10.2. The maximum Gasteiger partial charge on any atom is 0.750 e. The molecule has 0 aliphatic rings. The molecule has 0 bridgehead atoms. The van der Waals surface area contributed by atoms with E-state index in [4.69, 9.17) is 46.9 Å². The van der Waals surface area contributed by atoms with Gasteiger partial charge in [-0.15, -0.1) is 0 Å². The standard InChI is InChI=1S/C60H70F6N6O12Si2/c1-33(2)77-85(78-34(3)4,79-35(5)6)83-53-29-41(17-27-51(53)71-55(73)39-13-19-43(67)20-14-39)57(75)69-45-23-25-47(49(31-45)59(61,62)63)48-26-24-46(32-50(48)60(64,65)66)70-58(76)42-18-28-52(72-56(74)40-15-21-44(68)22-16-40)54(30-42)84-86(80-36(7)8,81-37(9)10)82-38(11)12/h13-38H,67-68H2,1-12H3,(H,69,75)(H,70,76)(H,71,73)(H,72,74). The molecule has 0 aliphatic carbocycles. The Labute approximate surface area is 497 Å². The monoisotopic (exact) mass is 1240 g/mol. The number of anilines is 6. The number of alkyl halides is 6. The number of nitrogens with one attached hydrogen (secondary N) is 4. The van der Waals surface area contributed by atoms with Crippen LogP contribution in [0.3, 0.4) is 0 Å². The average molecular weight is 1240 g/mol. The van der Waals surface area contributed by atoms with Crippen LogP contribution in [-0.4, -0.2) is 78.3 Å². The smallest absolute Gasteiger partial charge is 0.478 e. The lowest BCUT2D eigenvalue weighted by Crippen LogP contribution is -2.56. The minimum Gasteiger partial charge on any atom is -0.478 e. The lowest BCUT2D eigenvalue weighted by Gasteiger charge is -2.33. The fourth-order valence-corrected chi connectivity index (χ4v) is 13.2. The molecule has 6 rings (SSSR count). The van der Waals surface area contributed by atoms with Crippen molar-refractivity contribution in [3.05, 3.63) is 155 Å². The van der Waals surface area contributed by atoms with Crippen molar-refractivity contribution < 1.29 is 80.9 Å². The fourth-order valence-electron chi connectivity index (χ4n) is 8.26. The number of nitrogen functional groups attached to an aromatic ring is 2. The topological polar surface area (TPSA) is 242 Å². The van der Waals surface area contributed by atoms with E-state index in [1.807, 2.05) is 0 Å². The zero-order valence-electron chi connectivity index (χ0n) is 49.3. The molecular formula is C60H70F6N6O12Si2. The Kier molecular flexibility index (Phi) is 22.0. The second kappa shape index (κ2) is 28.1. The molecule has 26 heteroatoms. The maximum atomic E-state index is 15.1. The third-order valence-corrected chi connectivity index (χ3v) is 17.0. The number of amides is 4. The summed E-state index contributed by atoms with van der Waals surface area (Å²) >= 11 is 0. The second-order valence-electron chi connectivity index (χ2n) is 21.2. The Morgan fingerprint density at radius 2 is 0.640 bits per heavy atom. The quantitative estimate of drug-likeness (QED) is 0.0177. The van der Waals surface area contributed by atoms with E-state index in [2.05, 4.69) is 21.3 Å². The molecule has 18 nitrogen and oxygen atoms in total. The Balaban J connectivity index is 1.35. The van der Waals surface area contributed by atoms with Crippen LogP contribution in [0.5, 0.6) is 11.5 Å². The van der Waals surface area contributed by atoms with Crippen LogP contribution in [0.1, 0.15) is 136 Å². The third-order valence-electron chi connectivity index (χ3n) is 11.5. The van der Waals surface area contributed by atoms with Crippen LogP contribution < -0.4 is 41.6 Å². The highest BCUT2D eigenvalue weighted by atomic mass is 28.4. The second-order valence-corrected chi connectivity index (χ2v) is 25.0. The molecule has 8 N–H and O–H groups in total. The number of benzene rings is 6. The molecular weight excluding hydrogens is 1170 g/mol. The normalized spacial score (nSPS) is 12.3. The first-order chi connectivity index (χ1) is 40.1. The molecule has 462 valence electrons. The minimum atomic E-state index is -5.30. The third kappa shape index (κ3) is 18.6. The largest absolute Gasteiger partial charge is 0.750 e. The van der Waals surface area contributed by atoms with Crippen LogP contribution in [0.15, 0.2) is 121 Å². The van der Waals surface area contributed by atoms with Gasteiger partial charge in [-0.05, 0) is 203 Å². The van der Waals surface area contributed by atoms with Gasteiger partial charge in [0.2, 0.25) is 0 Å². The molecule has 0 aliphatic heterocycles. The van der Waals surface area contributed by atoms with Crippen molar-refractivity contribution in [2.45, 2.75) is 132 Å². The van der Waals surface area contributed by atoms with Crippen molar-refractivity contribution in [1.82, 2.24) is 0 Å². The molecule has 0 aromatic heterocycles. The first kappa shape index (κ1) is 67.3. The number of halogens is 6. The van der Waals surface area contributed by atoms with Gasteiger partial charge in [0, 0.05) is 81.6 Å². The summed E-state index contributed by atoms with van der Waals surface area (Å²) in [4.78, 5) is 55.1. The van der Waals surface area contributed by atoms with Gasteiger partial charge < -0.3 is 68.1 Å². The molecule has 4 amide bonds. The van der Waals surface area contributed by atoms with Crippen LogP contribution in [0.25, 0.3) is 11.1 Å². The number of carbonyl (C=O) groups is 4. The van der Waals surface area contributed by atoms with Gasteiger partial charge in [0.15, 0.2) is 0 Å². The average Bonchev–Trinajstić information content (AvgIpc) is 1.03.